The number of amides is 1. The summed E-state index contributed by atoms with van der Waals surface area (Å²) in [5, 5.41) is 2.81. The van der Waals surface area contributed by atoms with Crippen LogP contribution in [0.15, 0.2) is 40.9 Å². The van der Waals surface area contributed by atoms with Gasteiger partial charge in [0.25, 0.3) is 5.91 Å². The lowest BCUT2D eigenvalue weighted by molar-refractivity contribution is 0.102. The molecule has 0 aromatic heterocycles. The van der Waals surface area contributed by atoms with Gasteiger partial charge in [-0.3, -0.25) is 4.79 Å². The van der Waals surface area contributed by atoms with E-state index in [9.17, 15) is 4.79 Å². The highest BCUT2D eigenvalue weighted by molar-refractivity contribution is 9.10. The van der Waals surface area contributed by atoms with Crippen LogP contribution >= 0.6 is 15.9 Å². The molecule has 0 saturated heterocycles. The van der Waals surface area contributed by atoms with Crippen molar-refractivity contribution in [3.63, 3.8) is 0 Å². The van der Waals surface area contributed by atoms with Gasteiger partial charge in [-0.1, -0.05) is 6.07 Å². The van der Waals surface area contributed by atoms with Gasteiger partial charge in [0.1, 0.15) is 5.75 Å². The lowest BCUT2D eigenvalue weighted by Crippen LogP contribution is -2.12. The fourth-order valence-corrected chi connectivity index (χ4v) is 2.56. The van der Waals surface area contributed by atoms with Crippen molar-refractivity contribution in [2.45, 2.75) is 0 Å². The van der Waals surface area contributed by atoms with Crippen LogP contribution in [0.1, 0.15) is 10.4 Å². The number of anilines is 1. The second kappa shape index (κ2) is 7.17. The van der Waals surface area contributed by atoms with Crippen molar-refractivity contribution in [1.29, 1.82) is 0 Å². The lowest BCUT2D eigenvalue weighted by Gasteiger charge is -2.12. The number of nitrogens with one attached hydrogen (secondary N) is 1. The summed E-state index contributed by atoms with van der Waals surface area (Å²) in [6.45, 7) is 0. The van der Waals surface area contributed by atoms with E-state index >= 15 is 0 Å². The van der Waals surface area contributed by atoms with E-state index < -0.39 is 0 Å². The van der Waals surface area contributed by atoms with E-state index in [1.165, 1.54) is 7.11 Å². The summed E-state index contributed by atoms with van der Waals surface area (Å²) < 4.78 is 16.2. The summed E-state index contributed by atoms with van der Waals surface area (Å²) in [5.74, 6) is 1.44. The van der Waals surface area contributed by atoms with Gasteiger partial charge in [-0.15, -0.1) is 0 Å². The molecule has 22 heavy (non-hydrogen) atoms. The van der Waals surface area contributed by atoms with E-state index in [0.29, 0.717) is 33.0 Å². The summed E-state index contributed by atoms with van der Waals surface area (Å²) in [7, 11) is 4.64. The number of methoxy groups -OCH3 is 3. The van der Waals surface area contributed by atoms with Crippen LogP contribution in [0.4, 0.5) is 5.69 Å². The Hall–Kier alpha value is -2.21. The molecule has 0 fully saturated rings. The van der Waals surface area contributed by atoms with Crippen molar-refractivity contribution in [1.82, 2.24) is 0 Å². The van der Waals surface area contributed by atoms with E-state index in [0.717, 1.165) is 0 Å². The molecule has 0 aliphatic heterocycles. The van der Waals surface area contributed by atoms with E-state index in [1.54, 1.807) is 44.6 Å². The van der Waals surface area contributed by atoms with Gasteiger partial charge >= 0.3 is 0 Å². The third kappa shape index (κ3) is 3.51. The Kier molecular flexibility index (Phi) is 5.27. The molecule has 2 rings (SSSR count). The Balaban J connectivity index is 2.27. The number of rotatable bonds is 5. The normalized spacial score (nSPS) is 10.0. The predicted octanol–water partition coefficient (Wildman–Crippen LogP) is 3.73. The molecule has 0 spiro atoms. The van der Waals surface area contributed by atoms with Crippen molar-refractivity contribution in [2.75, 3.05) is 26.6 Å². The van der Waals surface area contributed by atoms with Crippen molar-refractivity contribution in [2.24, 2.45) is 0 Å². The topological polar surface area (TPSA) is 56.8 Å². The van der Waals surface area contributed by atoms with Gasteiger partial charge in [0.2, 0.25) is 0 Å². The molecule has 0 atom stereocenters. The zero-order valence-corrected chi connectivity index (χ0v) is 14.1. The molecule has 1 amide bonds. The number of carbonyl (C=O) groups is 1. The molecule has 2 aromatic carbocycles. The maximum atomic E-state index is 12.4. The number of benzene rings is 2. The molecule has 0 radical (unpaired) electrons. The maximum absolute atomic E-state index is 12.4. The lowest BCUT2D eigenvalue weighted by atomic mass is 10.1. The Morgan fingerprint density at radius 3 is 2.45 bits per heavy atom. The monoisotopic (exact) mass is 365 g/mol. The average Bonchev–Trinajstić information content (AvgIpc) is 2.54. The van der Waals surface area contributed by atoms with Gasteiger partial charge in [-0.2, -0.15) is 0 Å². The van der Waals surface area contributed by atoms with Crippen LogP contribution < -0.4 is 19.5 Å². The van der Waals surface area contributed by atoms with E-state index in [2.05, 4.69) is 21.2 Å². The Morgan fingerprint density at radius 1 is 1.05 bits per heavy atom. The summed E-state index contributed by atoms with van der Waals surface area (Å²) in [5.41, 5.74) is 1.10. The average molecular weight is 366 g/mol. The van der Waals surface area contributed by atoms with Crippen LogP contribution in [0, 0.1) is 0 Å². The molecule has 5 nitrogen and oxygen atoms in total. The van der Waals surface area contributed by atoms with E-state index in [1.807, 2.05) is 6.07 Å². The molecular weight excluding hydrogens is 350 g/mol. The van der Waals surface area contributed by atoms with Gasteiger partial charge in [-0.25, -0.2) is 0 Å². The smallest absolute Gasteiger partial charge is 0.255 e. The minimum absolute atomic E-state index is 0.255. The van der Waals surface area contributed by atoms with Crippen LogP contribution in [-0.2, 0) is 0 Å². The van der Waals surface area contributed by atoms with E-state index in [-0.39, 0.29) is 5.91 Å². The first-order valence-electron chi connectivity index (χ1n) is 6.46. The van der Waals surface area contributed by atoms with Gasteiger partial charge in [0.15, 0.2) is 11.5 Å². The fourth-order valence-electron chi connectivity index (χ4n) is 1.95. The second-order valence-corrected chi connectivity index (χ2v) is 5.23. The standard InChI is InChI=1S/C16H16BrNO4/c1-20-12-6-4-5-11(9-12)18-16(19)10-7-13(17)15(22-3)14(8-10)21-2/h4-9H,1-3H3,(H,18,19). The number of carbonyl (C=O) groups excluding carboxylic acids is 1. The quantitative estimate of drug-likeness (QED) is 0.876. The molecule has 0 bridgehead atoms. The molecule has 0 aliphatic carbocycles. The van der Waals surface area contributed by atoms with Crippen LogP contribution in [0.25, 0.3) is 0 Å². The Morgan fingerprint density at radius 2 is 1.82 bits per heavy atom. The molecule has 0 aliphatic rings. The third-order valence-corrected chi connectivity index (χ3v) is 3.61. The van der Waals surface area contributed by atoms with Crippen molar-refractivity contribution < 1.29 is 19.0 Å². The minimum Gasteiger partial charge on any atom is -0.497 e. The fraction of sp³-hybridized carbons (Fsp3) is 0.188. The molecule has 2 aromatic rings. The summed E-state index contributed by atoms with van der Waals surface area (Å²) in [4.78, 5) is 12.4. The van der Waals surface area contributed by atoms with Crippen molar-refractivity contribution in [3.05, 3.63) is 46.4 Å². The van der Waals surface area contributed by atoms with Crippen molar-refractivity contribution >= 4 is 27.5 Å². The molecule has 0 saturated carbocycles. The first kappa shape index (κ1) is 16.2. The third-order valence-electron chi connectivity index (χ3n) is 3.02. The largest absolute Gasteiger partial charge is 0.497 e. The number of halogens is 1. The maximum Gasteiger partial charge on any atom is 0.255 e. The van der Waals surface area contributed by atoms with Crippen LogP contribution in [0.5, 0.6) is 17.2 Å². The number of hydrogen-bond acceptors (Lipinski definition) is 4. The van der Waals surface area contributed by atoms with Crippen LogP contribution in [0.3, 0.4) is 0 Å². The second-order valence-electron chi connectivity index (χ2n) is 4.38. The van der Waals surface area contributed by atoms with E-state index in [4.69, 9.17) is 14.2 Å². The zero-order chi connectivity index (χ0) is 16.1. The first-order valence-corrected chi connectivity index (χ1v) is 7.25. The van der Waals surface area contributed by atoms with Gasteiger partial charge in [0, 0.05) is 17.3 Å². The summed E-state index contributed by atoms with van der Waals surface area (Å²) >= 11 is 3.37. The minimum atomic E-state index is -0.255. The molecular formula is C16H16BrNO4. The SMILES string of the molecule is COc1cccc(NC(=O)c2cc(Br)c(OC)c(OC)c2)c1. The highest BCUT2D eigenvalue weighted by Crippen LogP contribution is 2.36. The Labute approximate surface area is 137 Å². The molecule has 116 valence electrons. The highest BCUT2D eigenvalue weighted by Gasteiger charge is 2.15. The molecule has 0 unspecified atom stereocenters. The Bertz CT molecular complexity index is 688. The van der Waals surface area contributed by atoms with Gasteiger partial charge in [0.05, 0.1) is 25.8 Å². The molecule has 6 heteroatoms. The molecule has 0 heterocycles. The summed E-state index contributed by atoms with van der Waals surface area (Å²) in [6, 6.07) is 10.4. The molecule has 1 N–H and O–H groups in total. The predicted molar refractivity (Wildman–Crippen MR) is 88.2 cm³/mol. The number of hydrogen-bond donors (Lipinski definition) is 1. The van der Waals surface area contributed by atoms with Gasteiger partial charge < -0.3 is 19.5 Å². The van der Waals surface area contributed by atoms with Crippen molar-refractivity contribution in [3.8, 4) is 17.2 Å². The highest BCUT2D eigenvalue weighted by atomic mass is 79.9. The van der Waals surface area contributed by atoms with Crippen LogP contribution in [0.2, 0.25) is 0 Å². The zero-order valence-electron chi connectivity index (χ0n) is 12.5. The summed E-state index contributed by atoms with van der Waals surface area (Å²) in [6.07, 6.45) is 0. The first-order chi connectivity index (χ1) is 10.6. The van der Waals surface area contributed by atoms with Gasteiger partial charge in [-0.05, 0) is 40.2 Å². The van der Waals surface area contributed by atoms with Crippen LogP contribution in [-0.4, -0.2) is 27.2 Å². The number of ether oxygens (including phenoxy) is 3.